The van der Waals surface area contributed by atoms with Crippen molar-refractivity contribution in [3.05, 3.63) is 35.4 Å². The number of nitrogens with two attached hydrogens (primary N) is 1. The average molecular weight is 264 g/mol. The van der Waals surface area contributed by atoms with E-state index in [-0.39, 0.29) is 23.8 Å². The lowest BCUT2D eigenvalue weighted by Crippen LogP contribution is -2.38. The Morgan fingerprint density at radius 3 is 2.32 bits per heavy atom. The van der Waals surface area contributed by atoms with Gasteiger partial charge in [0.25, 0.3) is 0 Å². The van der Waals surface area contributed by atoms with Crippen LogP contribution in [0.1, 0.15) is 29.8 Å². The molecule has 0 aliphatic heterocycles. The number of ether oxygens (including phenoxy) is 1. The van der Waals surface area contributed by atoms with Gasteiger partial charge in [0.05, 0.1) is 12.7 Å². The number of carbonyl (C=O) groups is 2. The molecule has 0 aromatic heterocycles. The Bertz CT molecular complexity index is 441. The minimum atomic E-state index is -0.374. The molecule has 104 valence electrons. The Kier molecular flexibility index (Phi) is 5.51. The first-order valence-corrected chi connectivity index (χ1v) is 6.16. The van der Waals surface area contributed by atoms with E-state index in [1.54, 1.807) is 38.1 Å². The highest BCUT2D eigenvalue weighted by Gasteiger charge is 2.16. The van der Waals surface area contributed by atoms with Crippen LogP contribution < -0.4 is 11.1 Å². The van der Waals surface area contributed by atoms with E-state index in [1.807, 2.05) is 0 Å². The van der Waals surface area contributed by atoms with E-state index in [0.29, 0.717) is 12.1 Å². The van der Waals surface area contributed by atoms with Crippen molar-refractivity contribution in [3.8, 4) is 0 Å². The molecule has 1 aromatic carbocycles. The molecule has 0 aliphatic carbocycles. The molecule has 5 heteroatoms. The van der Waals surface area contributed by atoms with Crippen molar-refractivity contribution in [1.29, 1.82) is 0 Å². The van der Waals surface area contributed by atoms with Gasteiger partial charge in [0, 0.05) is 18.5 Å². The molecular weight excluding hydrogens is 244 g/mol. The lowest BCUT2D eigenvalue weighted by molar-refractivity contribution is -0.125. The summed E-state index contributed by atoms with van der Waals surface area (Å²) in [6.45, 7) is 4.01. The maximum atomic E-state index is 11.7. The second-order valence-corrected chi connectivity index (χ2v) is 4.55. The Balaban J connectivity index is 2.55. The molecule has 0 saturated carbocycles. The number of hydrogen-bond acceptors (Lipinski definition) is 4. The zero-order valence-electron chi connectivity index (χ0n) is 11.5. The molecule has 5 nitrogen and oxygen atoms in total. The minimum Gasteiger partial charge on any atom is -0.465 e. The van der Waals surface area contributed by atoms with Gasteiger partial charge in [0.2, 0.25) is 5.91 Å². The molecule has 0 bridgehead atoms. The number of benzene rings is 1. The molecule has 3 N–H and O–H groups in total. The molecular formula is C14H20N2O3. The fourth-order valence-electron chi connectivity index (χ4n) is 1.47. The molecule has 19 heavy (non-hydrogen) atoms. The van der Waals surface area contributed by atoms with Crippen molar-refractivity contribution in [2.45, 2.75) is 26.4 Å². The summed E-state index contributed by atoms with van der Waals surface area (Å²) in [7, 11) is 1.34. The number of methoxy groups -OCH3 is 1. The Hall–Kier alpha value is -1.88. The number of rotatable bonds is 5. The maximum absolute atomic E-state index is 11.7. The fourth-order valence-corrected chi connectivity index (χ4v) is 1.47. The van der Waals surface area contributed by atoms with Crippen molar-refractivity contribution < 1.29 is 14.3 Å². The van der Waals surface area contributed by atoms with Crippen LogP contribution in [0.3, 0.4) is 0 Å². The number of amides is 1. The van der Waals surface area contributed by atoms with Gasteiger partial charge in [0.15, 0.2) is 0 Å². The predicted octanol–water partition coefficient (Wildman–Crippen LogP) is 1.07. The highest BCUT2D eigenvalue weighted by Crippen LogP contribution is 2.06. The zero-order chi connectivity index (χ0) is 14.4. The zero-order valence-corrected chi connectivity index (χ0v) is 11.5. The topological polar surface area (TPSA) is 81.4 Å². The third-order valence-corrected chi connectivity index (χ3v) is 3.04. The molecule has 0 aliphatic rings. The Labute approximate surface area is 113 Å². The smallest absolute Gasteiger partial charge is 0.337 e. The SMILES string of the molecule is COC(=O)c1ccc(CNC(=O)C(C)C(C)N)cc1. The molecule has 2 unspecified atom stereocenters. The van der Waals surface area contributed by atoms with Crippen LogP contribution in [-0.2, 0) is 16.1 Å². The standard InChI is InChI=1S/C14H20N2O3/c1-9(10(2)15)13(17)16-8-11-4-6-12(7-5-11)14(18)19-3/h4-7,9-10H,8,15H2,1-3H3,(H,16,17). The second kappa shape index (κ2) is 6.89. The molecule has 0 saturated heterocycles. The van der Waals surface area contributed by atoms with Gasteiger partial charge in [-0.3, -0.25) is 4.79 Å². The van der Waals surface area contributed by atoms with E-state index in [9.17, 15) is 9.59 Å². The number of nitrogens with one attached hydrogen (secondary N) is 1. The lowest BCUT2D eigenvalue weighted by Gasteiger charge is -2.15. The van der Waals surface area contributed by atoms with E-state index in [4.69, 9.17) is 5.73 Å². The summed E-state index contributed by atoms with van der Waals surface area (Å²) in [5.41, 5.74) is 7.06. The monoisotopic (exact) mass is 264 g/mol. The molecule has 1 aromatic rings. The average Bonchev–Trinajstić information content (AvgIpc) is 2.43. The summed E-state index contributed by atoms with van der Waals surface area (Å²) >= 11 is 0. The number of esters is 1. The van der Waals surface area contributed by atoms with E-state index in [1.165, 1.54) is 7.11 Å². The summed E-state index contributed by atoms with van der Waals surface area (Å²) in [6.07, 6.45) is 0. The summed E-state index contributed by atoms with van der Waals surface area (Å²) < 4.78 is 4.61. The van der Waals surface area contributed by atoms with E-state index in [2.05, 4.69) is 10.1 Å². The van der Waals surface area contributed by atoms with Gasteiger partial charge >= 0.3 is 5.97 Å². The molecule has 0 fully saturated rings. The number of carbonyl (C=O) groups excluding carboxylic acids is 2. The molecule has 2 atom stereocenters. The maximum Gasteiger partial charge on any atom is 0.337 e. The first-order chi connectivity index (χ1) is 8.95. The third-order valence-electron chi connectivity index (χ3n) is 3.04. The Morgan fingerprint density at radius 1 is 1.26 bits per heavy atom. The van der Waals surface area contributed by atoms with Crippen LogP contribution in [-0.4, -0.2) is 25.0 Å². The van der Waals surface area contributed by atoms with Crippen LogP contribution in [0.5, 0.6) is 0 Å². The third kappa shape index (κ3) is 4.37. The van der Waals surface area contributed by atoms with Crippen molar-refractivity contribution in [3.63, 3.8) is 0 Å². The van der Waals surface area contributed by atoms with E-state index in [0.717, 1.165) is 5.56 Å². The van der Waals surface area contributed by atoms with Crippen molar-refractivity contribution >= 4 is 11.9 Å². The molecule has 0 heterocycles. The first-order valence-electron chi connectivity index (χ1n) is 6.16. The quantitative estimate of drug-likeness (QED) is 0.779. The summed E-state index contributed by atoms with van der Waals surface area (Å²) in [6, 6.07) is 6.72. The largest absolute Gasteiger partial charge is 0.465 e. The van der Waals surface area contributed by atoms with Gasteiger partial charge in [0.1, 0.15) is 0 Å². The van der Waals surface area contributed by atoms with Crippen LogP contribution in [0, 0.1) is 5.92 Å². The van der Waals surface area contributed by atoms with Gasteiger partial charge in [-0.1, -0.05) is 19.1 Å². The van der Waals surface area contributed by atoms with Crippen LogP contribution in [0.2, 0.25) is 0 Å². The first kappa shape index (κ1) is 15.2. The normalized spacial score (nSPS) is 13.5. The van der Waals surface area contributed by atoms with Crippen LogP contribution >= 0.6 is 0 Å². The fraction of sp³-hybridized carbons (Fsp3) is 0.429. The highest BCUT2D eigenvalue weighted by molar-refractivity contribution is 5.89. The Morgan fingerprint density at radius 2 is 1.84 bits per heavy atom. The van der Waals surface area contributed by atoms with Gasteiger partial charge in [-0.2, -0.15) is 0 Å². The van der Waals surface area contributed by atoms with Gasteiger partial charge < -0.3 is 15.8 Å². The molecule has 1 rings (SSSR count). The summed E-state index contributed by atoms with van der Waals surface area (Å²) in [4.78, 5) is 23.0. The minimum absolute atomic E-state index is 0.0768. The van der Waals surface area contributed by atoms with Gasteiger partial charge in [-0.05, 0) is 24.6 Å². The summed E-state index contributed by atoms with van der Waals surface area (Å²) in [5, 5.41) is 2.81. The molecule has 0 radical (unpaired) electrons. The van der Waals surface area contributed by atoms with Crippen LogP contribution in [0.25, 0.3) is 0 Å². The number of hydrogen-bond donors (Lipinski definition) is 2. The highest BCUT2D eigenvalue weighted by atomic mass is 16.5. The van der Waals surface area contributed by atoms with Gasteiger partial charge in [-0.15, -0.1) is 0 Å². The molecule has 0 spiro atoms. The van der Waals surface area contributed by atoms with E-state index >= 15 is 0 Å². The van der Waals surface area contributed by atoms with Crippen molar-refractivity contribution in [2.75, 3.05) is 7.11 Å². The lowest BCUT2D eigenvalue weighted by atomic mass is 10.0. The molecule has 1 amide bonds. The van der Waals surface area contributed by atoms with Crippen LogP contribution in [0.15, 0.2) is 24.3 Å². The van der Waals surface area contributed by atoms with Crippen molar-refractivity contribution in [1.82, 2.24) is 5.32 Å². The van der Waals surface area contributed by atoms with Crippen LogP contribution in [0.4, 0.5) is 0 Å². The van der Waals surface area contributed by atoms with E-state index < -0.39 is 0 Å². The predicted molar refractivity (Wildman–Crippen MR) is 72.4 cm³/mol. The second-order valence-electron chi connectivity index (χ2n) is 4.55. The van der Waals surface area contributed by atoms with Gasteiger partial charge in [-0.25, -0.2) is 4.79 Å². The van der Waals surface area contributed by atoms with Crippen molar-refractivity contribution in [2.24, 2.45) is 11.7 Å². The summed E-state index contributed by atoms with van der Waals surface area (Å²) in [5.74, 6) is -0.678.